The van der Waals surface area contributed by atoms with E-state index in [1.165, 1.54) is 51.8 Å². The molecule has 1 fully saturated rings. The molecule has 3 aromatic carbocycles. The molecule has 174 valence electrons. The summed E-state index contributed by atoms with van der Waals surface area (Å²) in [5.74, 6) is 0. The number of hydrogen-bond acceptors (Lipinski definition) is 5. The van der Waals surface area contributed by atoms with Crippen LogP contribution in [-0.2, 0) is 0 Å². The first-order chi connectivity index (χ1) is 16.6. The first-order valence-corrected chi connectivity index (χ1v) is 13.6. The van der Waals surface area contributed by atoms with Gasteiger partial charge in [-0.25, -0.2) is 0 Å². The molecule has 0 amide bonds. The Balaban J connectivity index is 1.77. The first kappa shape index (κ1) is 23.1. The maximum atomic E-state index is 5.11. The van der Waals surface area contributed by atoms with Crippen LogP contribution >= 0.6 is 24.4 Å². The van der Waals surface area contributed by atoms with E-state index in [1.807, 2.05) is 12.1 Å². The van der Waals surface area contributed by atoms with E-state index in [1.54, 1.807) is 11.8 Å². The lowest BCUT2D eigenvalue weighted by atomic mass is 9.96. The van der Waals surface area contributed by atoms with Crippen LogP contribution < -0.4 is 20.8 Å². The Morgan fingerprint density at radius 1 is 1.06 bits per heavy atom. The van der Waals surface area contributed by atoms with Gasteiger partial charge in [0.15, 0.2) is 0 Å². The Labute approximate surface area is 212 Å². The molecule has 2 heterocycles. The Hall–Kier alpha value is -2.63. The maximum absolute atomic E-state index is 5.11. The molecule has 0 unspecified atom stereocenters. The minimum absolute atomic E-state index is 0.704. The van der Waals surface area contributed by atoms with Crippen LogP contribution in [-0.4, -0.2) is 25.9 Å². The van der Waals surface area contributed by atoms with Gasteiger partial charge in [0.1, 0.15) is 0 Å². The van der Waals surface area contributed by atoms with Gasteiger partial charge in [0, 0.05) is 39.3 Å². The monoisotopic (exact) mass is 485 g/mol. The Bertz CT molecular complexity index is 1370. The molecule has 0 atom stereocenters. The van der Waals surface area contributed by atoms with E-state index in [9.17, 15) is 0 Å². The Morgan fingerprint density at radius 3 is 2.59 bits per heavy atom. The number of nitrogens with zero attached hydrogens (tertiary/aromatic N) is 2. The molecular formula is C29H31N3S2. The minimum atomic E-state index is 0.704. The molecule has 0 radical (unpaired) electrons. The fourth-order valence-electron chi connectivity index (χ4n) is 5.13. The van der Waals surface area contributed by atoms with Crippen LogP contribution in [0.1, 0.15) is 36.0 Å². The number of thioether (sulfide) groups is 1. The normalized spacial score (nSPS) is 15.1. The average molecular weight is 486 g/mol. The number of rotatable bonds is 6. The van der Waals surface area contributed by atoms with E-state index < -0.39 is 0 Å². The highest BCUT2D eigenvalue weighted by molar-refractivity contribution is 7.98. The number of piperidine rings is 1. The number of thiol groups is 1. The zero-order chi connectivity index (χ0) is 23.7. The molecule has 0 aromatic heterocycles. The van der Waals surface area contributed by atoms with Crippen molar-refractivity contribution in [2.75, 3.05) is 36.1 Å². The molecule has 5 rings (SSSR count). The summed E-state index contributed by atoms with van der Waals surface area (Å²) in [6.45, 7) is 9.29. The lowest BCUT2D eigenvalue weighted by Gasteiger charge is -2.30. The molecule has 3 aromatic rings. The number of aryl methyl sites for hydroxylation is 1. The topological polar surface area (TPSA) is 27.6 Å². The van der Waals surface area contributed by atoms with Crippen molar-refractivity contribution in [2.24, 2.45) is 4.99 Å². The zero-order valence-corrected chi connectivity index (χ0v) is 21.6. The summed E-state index contributed by atoms with van der Waals surface area (Å²) in [5, 5.41) is 6.11. The number of anilines is 3. The first-order valence-electron chi connectivity index (χ1n) is 11.9. The van der Waals surface area contributed by atoms with Gasteiger partial charge in [-0.05, 0) is 73.4 Å². The molecule has 1 saturated heterocycles. The standard InChI is InChI=1S/C29H31N3S2/c1-4-21-25(31-24-13-12-20(33)16-27(24)34-3)17-26(32-14-8-5-9-15-32)29-28(21)23(18-30-29)22-11-7-6-10-19(22)2/h4,6-7,10-13,16-17,31,33H,1,5,8-9,14-15,18H2,2-3H3. The highest BCUT2D eigenvalue weighted by atomic mass is 32.2. The zero-order valence-electron chi connectivity index (χ0n) is 19.9. The summed E-state index contributed by atoms with van der Waals surface area (Å²) >= 11 is 6.27. The maximum Gasteiger partial charge on any atom is 0.0895 e. The minimum Gasteiger partial charge on any atom is -0.370 e. The summed E-state index contributed by atoms with van der Waals surface area (Å²) in [6.07, 6.45) is 7.86. The SMILES string of the molecule is C=Cc1c(Nc2ccc(S)cc2SC)cc(N2CCCCC2)c2c1=C(c1ccccc1C)CN=2. The van der Waals surface area contributed by atoms with E-state index in [0.29, 0.717) is 6.54 Å². The van der Waals surface area contributed by atoms with Crippen molar-refractivity contribution >= 4 is 53.1 Å². The molecule has 3 nitrogen and oxygen atoms in total. The fourth-order valence-corrected chi connectivity index (χ4v) is 6.00. The van der Waals surface area contributed by atoms with Crippen molar-refractivity contribution in [3.05, 3.63) is 82.4 Å². The number of benzene rings is 3. The summed E-state index contributed by atoms with van der Waals surface area (Å²) in [7, 11) is 0. The smallest absolute Gasteiger partial charge is 0.0895 e. The van der Waals surface area contributed by atoms with E-state index in [-0.39, 0.29) is 0 Å². The molecular weight excluding hydrogens is 454 g/mol. The second-order valence-electron chi connectivity index (χ2n) is 8.95. The molecule has 2 aliphatic rings. The van der Waals surface area contributed by atoms with Crippen LogP contribution in [0.5, 0.6) is 0 Å². The summed E-state index contributed by atoms with van der Waals surface area (Å²) < 4.78 is 0. The largest absolute Gasteiger partial charge is 0.370 e. The van der Waals surface area contributed by atoms with Gasteiger partial charge in [0.05, 0.1) is 23.3 Å². The van der Waals surface area contributed by atoms with Gasteiger partial charge in [-0.15, -0.1) is 24.4 Å². The van der Waals surface area contributed by atoms with Gasteiger partial charge in [-0.2, -0.15) is 0 Å². The molecule has 0 spiro atoms. The fraction of sp³-hybridized carbons (Fsp3) is 0.276. The van der Waals surface area contributed by atoms with E-state index in [4.69, 9.17) is 4.99 Å². The quantitative estimate of drug-likeness (QED) is 0.321. The van der Waals surface area contributed by atoms with Crippen LogP contribution in [0.4, 0.5) is 17.1 Å². The summed E-state index contributed by atoms with van der Waals surface area (Å²) in [4.78, 5) is 9.78. The Kier molecular flexibility index (Phi) is 6.75. The number of fused-ring (bicyclic) bond motifs is 1. The molecule has 2 aliphatic heterocycles. The lowest BCUT2D eigenvalue weighted by Crippen LogP contribution is -2.39. The van der Waals surface area contributed by atoms with Crippen molar-refractivity contribution in [2.45, 2.75) is 36.0 Å². The lowest BCUT2D eigenvalue weighted by molar-refractivity contribution is 0.576. The van der Waals surface area contributed by atoms with Crippen molar-refractivity contribution in [3.8, 4) is 0 Å². The second kappa shape index (κ2) is 9.93. The highest BCUT2D eigenvalue weighted by Crippen LogP contribution is 2.33. The van der Waals surface area contributed by atoms with E-state index >= 15 is 0 Å². The third-order valence-corrected chi connectivity index (χ3v) is 7.90. The summed E-state index contributed by atoms with van der Waals surface area (Å²) in [5.41, 5.74) is 8.38. The predicted molar refractivity (Wildman–Crippen MR) is 151 cm³/mol. The van der Waals surface area contributed by atoms with E-state index in [0.717, 1.165) is 40.3 Å². The van der Waals surface area contributed by atoms with Crippen molar-refractivity contribution in [1.82, 2.24) is 0 Å². The van der Waals surface area contributed by atoms with Gasteiger partial charge < -0.3 is 10.2 Å². The van der Waals surface area contributed by atoms with Gasteiger partial charge in [0.2, 0.25) is 0 Å². The second-order valence-corrected chi connectivity index (χ2v) is 10.3. The number of nitrogens with one attached hydrogen (secondary N) is 1. The van der Waals surface area contributed by atoms with Crippen LogP contribution in [0.25, 0.3) is 11.6 Å². The molecule has 0 saturated carbocycles. The molecule has 5 heteroatoms. The van der Waals surface area contributed by atoms with Gasteiger partial charge in [-0.1, -0.05) is 36.9 Å². The predicted octanol–water partition coefficient (Wildman–Crippen LogP) is 6.21. The van der Waals surface area contributed by atoms with Crippen LogP contribution in [0, 0.1) is 6.92 Å². The van der Waals surface area contributed by atoms with Crippen LogP contribution in [0.3, 0.4) is 0 Å². The average Bonchev–Trinajstić information content (AvgIpc) is 3.30. The van der Waals surface area contributed by atoms with E-state index in [2.05, 4.69) is 85.1 Å². The Morgan fingerprint density at radius 2 is 1.85 bits per heavy atom. The molecule has 0 aliphatic carbocycles. The van der Waals surface area contributed by atoms with Crippen LogP contribution in [0.15, 0.2) is 69.9 Å². The van der Waals surface area contributed by atoms with Gasteiger partial charge in [0.25, 0.3) is 0 Å². The van der Waals surface area contributed by atoms with Crippen molar-refractivity contribution < 1.29 is 0 Å². The van der Waals surface area contributed by atoms with Crippen molar-refractivity contribution in [1.29, 1.82) is 0 Å². The van der Waals surface area contributed by atoms with Gasteiger partial charge in [-0.3, -0.25) is 4.99 Å². The number of hydrogen-bond donors (Lipinski definition) is 2. The third kappa shape index (κ3) is 4.27. The molecule has 34 heavy (non-hydrogen) atoms. The third-order valence-electron chi connectivity index (χ3n) is 6.84. The highest BCUT2D eigenvalue weighted by Gasteiger charge is 2.22. The van der Waals surface area contributed by atoms with Gasteiger partial charge >= 0.3 is 0 Å². The summed E-state index contributed by atoms with van der Waals surface area (Å²) in [6, 6.07) is 17.2. The van der Waals surface area contributed by atoms with Crippen molar-refractivity contribution in [3.63, 3.8) is 0 Å². The molecule has 1 N–H and O–H groups in total. The van der Waals surface area contributed by atoms with Crippen LogP contribution in [0.2, 0.25) is 0 Å². The molecule has 0 bridgehead atoms.